The van der Waals surface area contributed by atoms with Crippen molar-refractivity contribution in [3.8, 4) is 0 Å². The molecule has 1 N–H and O–H groups in total. The average Bonchev–Trinajstić information content (AvgIpc) is 2.74. The molecule has 30 heavy (non-hydrogen) atoms. The van der Waals surface area contributed by atoms with Gasteiger partial charge < -0.3 is 4.57 Å². The lowest BCUT2D eigenvalue weighted by molar-refractivity contribution is 0.508. The number of rotatable bonds is 4. The topological polar surface area (TPSA) is 97.3 Å². The second kappa shape index (κ2) is 7.21. The number of hydrogen-bond donors (Lipinski definition) is 1. The van der Waals surface area contributed by atoms with Crippen LogP contribution in [0.25, 0.3) is 16.7 Å². The Morgan fingerprint density at radius 2 is 1.83 bits per heavy atom. The highest BCUT2D eigenvalue weighted by atomic mass is 32.2. The zero-order valence-corrected chi connectivity index (χ0v) is 17.8. The first-order chi connectivity index (χ1) is 14.3. The standard InChI is InChI=1S/C22H22N4O3S/c1-4-15(3)26-20(23)18(30(28,29)16-8-6-5-7-9-16)12-17-21(26)24-19-11-10-14(2)13-25(19)22(17)27/h5-13,15,23H,4H2,1-3H3/t15-/m1/s1. The molecule has 0 aliphatic carbocycles. The van der Waals surface area contributed by atoms with Crippen molar-refractivity contribution in [1.82, 2.24) is 14.0 Å². The molecule has 0 bridgehead atoms. The van der Waals surface area contributed by atoms with Crippen LogP contribution >= 0.6 is 0 Å². The highest BCUT2D eigenvalue weighted by Gasteiger charge is 2.25. The van der Waals surface area contributed by atoms with Crippen LogP contribution in [0, 0.1) is 12.3 Å². The van der Waals surface area contributed by atoms with Crippen molar-refractivity contribution in [3.05, 3.63) is 76.1 Å². The molecule has 0 unspecified atom stereocenters. The number of fused-ring (bicyclic) bond motifs is 2. The summed E-state index contributed by atoms with van der Waals surface area (Å²) in [6.07, 6.45) is 2.33. The third-order valence-electron chi connectivity index (χ3n) is 5.34. The molecular formula is C22H22N4O3S. The summed E-state index contributed by atoms with van der Waals surface area (Å²) >= 11 is 0. The summed E-state index contributed by atoms with van der Waals surface area (Å²) in [5.41, 5.74) is 1.11. The molecule has 1 atom stereocenters. The summed E-state index contributed by atoms with van der Waals surface area (Å²) in [5.74, 6) is 0. The van der Waals surface area contributed by atoms with E-state index in [1.54, 1.807) is 35.0 Å². The van der Waals surface area contributed by atoms with Crippen molar-refractivity contribution in [2.24, 2.45) is 0 Å². The second-order valence-electron chi connectivity index (χ2n) is 7.39. The molecule has 0 spiro atoms. The predicted molar refractivity (Wildman–Crippen MR) is 114 cm³/mol. The fraction of sp³-hybridized carbons (Fsp3) is 0.227. The number of nitrogens with one attached hydrogen (secondary N) is 1. The summed E-state index contributed by atoms with van der Waals surface area (Å²) < 4.78 is 29.6. The molecule has 0 amide bonds. The summed E-state index contributed by atoms with van der Waals surface area (Å²) in [6, 6.07) is 12.6. The smallest absolute Gasteiger partial charge is 0.267 e. The van der Waals surface area contributed by atoms with Gasteiger partial charge >= 0.3 is 0 Å². The molecule has 0 saturated carbocycles. The maximum atomic E-state index is 13.3. The van der Waals surface area contributed by atoms with E-state index in [2.05, 4.69) is 4.98 Å². The van der Waals surface area contributed by atoms with Crippen LogP contribution in [0.3, 0.4) is 0 Å². The van der Waals surface area contributed by atoms with Crippen LogP contribution in [0.15, 0.2) is 69.3 Å². The van der Waals surface area contributed by atoms with Gasteiger partial charge in [-0.05, 0) is 50.1 Å². The van der Waals surface area contributed by atoms with Gasteiger partial charge in [-0.3, -0.25) is 14.6 Å². The Labute approximate surface area is 173 Å². The first kappa shape index (κ1) is 20.0. The van der Waals surface area contributed by atoms with E-state index < -0.39 is 9.84 Å². The predicted octanol–water partition coefficient (Wildman–Crippen LogP) is 3.24. The lowest BCUT2D eigenvalue weighted by Crippen LogP contribution is -2.31. The van der Waals surface area contributed by atoms with Gasteiger partial charge in [-0.2, -0.15) is 0 Å². The number of aromatic nitrogens is 3. The Hall–Kier alpha value is -3.26. The van der Waals surface area contributed by atoms with E-state index in [1.807, 2.05) is 26.8 Å². The number of benzene rings is 1. The third-order valence-corrected chi connectivity index (χ3v) is 7.12. The highest BCUT2D eigenvalue weighted by molar-refractivity contribution is 7.91. The van der Waals surface area contributed by atoms with Gasteiger partial charge in [0.05, 0.1) is 10.3 Å². The van der Waals surface area contributed by atoms with Gasteiger partial charge in [0.2, 0.25) is 9.84 Å². The molecular weight excluding hydrogens is 400 g/mol. The van der Waals surface area contributed by atoms with E-state index in [-0.39, 0.29) is 32.3 Å². The Balaban J connectivity index is 2.20. The summed E-state index contributed by atoms with van der Waals surface area (Å²) in [6.45, 7) is 5.70. The van der Waals surface area contributed by atoms with Crippen molar-refractivity contribution in [3.63, 3.8) is 0 Å². The maximum Gasteiger partial charge on any atom is 0.267 e. The first-order valence-corrected chi connectivity index (χ1v) is 11.2. The Kier molecular flexibility index (Phi) is 4.82. The van der Waals surface area contributed by atoms with Crippen molar-refractivity contribution in [2.75, 3.05) is 0 Å². The average molecular weight is 423 g/mol. The van der Waals surface area contributed by atoms with Crippen LogP contribution in [-0.2, 0) is 9.84 Å². The minimum atomic E-state index is -3.99. The first-order valence-electron chi connectivity index (χ1n) is 9.68. The van der Waals surface area contributed by atoms with Crippen molar-refractivity contribution < 1.29 is 8.42 Å². The van der Waals surface area contributed by atoms with Crippen molar-refractivity contribution in [1.29, 1.82) is 5.41 Å². The Bertz CT molecular complexity index is 1500. The van der Waals surface area contributed by atoms with E-state index in [0.29, 0.717) is 17.7 Å². The van der Waals surface area contributed by atoms with E-state index in [9.17, 15) is 13.2 Å². The van der Waals surface area contributed by atoms with E-state index >= 15 is 0 Å². The minimum Gasteiger partial charge on any atom is -0.307 e. The number of hydrogen-bond acceptors (Lipinski definition) is 5. The van der Waals surface area contributed by atoms with E-state index in [4.69, 9.17) is 5.41 Å². The summed E-state index contributed by atoms with van der Waals surface area (Å²) in [4.78, 5) is 17.8. The van der Waals surface area contributed by atoms with Crippen LogP contribution < -0.4 is 11.0 Å². The molecule has 154 valence electrons. The lowest BCUT2D eigenvalue weighted by Gasteiger charge is -2.19. The lowest BCUT2D eigenvalue weighted by atomic mass is 10.2. The molecule has 3 heterocycles. The highest BCUT2D eigenvalue weighted by Crippen LogP contribution is 2.23. The molecule has 0 saturated heterocycles. The number of sulfone groups is 1. The fourth-order valence-corrected chi connectivity index (χ4v) is 4.92. The Morgan fingerprint density at radius 3 is 2.50 bits per heavy atom. The normalized spacial score (nSPS) is 13.0. The largest absolute Gasteiger partial charge is 0.307 e. The van der Waals surface area contributed by atoms with Crippen LogP contribution in [0.4, 0.5) is 0 Å². The number of nitrogens with zero attached hydrogens (tertiary/aromatic N) is 3. The maximum absolute atomic E-state index is 13.3. The molecule has 7 nitrogen and oxygen atoms in total. The zero-order valence-electron chi connectivity index (χ0n) is 17.0. The van der Waals surface area contributed by atoms with Crippen LogP contribution in [-0.4, -0.2) is 22.4 Å². The molecule has 3 aromatic heterocycles. The van der Waals surface area contributed by atoms with Gasteiger partial charge in [0, 0.05) is 12.2 Å². The van der Waals surface area contributed by atoms with Gasteiger partial charge in [0.25, 0.3) is 5.56 Å². The van der Waals surface area contributed by atoms with Gasteiger partial charge in [-0.25, -0.2) is 13.4 Å². The molecule has 8 heteroatoms. The van der Waals surface area contributed by atoms with Gasteiger partial charge in [-0.1, -0.05) is 31.2 Å². The van der Waals surface area contributed by atoms with Crippen LogP contribution in [0.2, 0.25) is 0 Å². The molecule has 0 aliphatic heterocycles. The van der Waals surface area contributed by atoms with Crippen molar-refractivity contribution in [2.45, 2.75) is 43.0 Å². The number of pyridine rings is 2. The molecule has 1 aromatic carbocycles. The van der Waals surface area contributed by atoms with Crippen LogP contribution in [0.5, 0.6) is 0 Å². The molecule has 0 fully saturated rings. The molecule has 4 aromatic rings. The quantitative estimate of drug-likeness (QED) is 0.511. The summed E-state index contributed by atoms with van der Waals surface area (Å²) in [5, 5.41) is 8.89. The molecule has 0 radical (unpaired) electrons. The molecule has 4 rings (SSSR count). The van der Waals surface area contributed by atoms with Gasteiger partial charge in [0.15, 0.2) is 0 Å². The van der Waals surface area contributed by atoms with Gasteiger partial charge in [0.1, 0.15) is 21.7 Å². The molecule has 0 aliphatic rings. The summed E-state index contributed by atoms with van der Waals surface area (Å²) in [7, 11) is -3.99. The second-order valence-corrected chi connectivity index (χ2v) is 9.31. The van der Waals surface area contributed by atoms with Crippen LogP contribution in [0.1, 0.15) is 31.9 Å². The SMILES string of the molecule is CC[C@@H](C)n1c(=N)c(S(=O)(=O)c2ccccc2)cc2c(=O)n3cc(C)ccc3nc21. The third kappa shape index (κ3) is 3.04. The van der Waals surface area contributed by atoms with Gasteiger partial charge in [-0.15, -0.1) is 0 Å². The fourth-order valence-electron chi connectivity index (χ4n) is 3.52. The zero-order chi connectivity index (χ0) is 21.6. The van der Waals surface area contributed by atoms with Crippen molar-refractivity contribution >= 4 is 26.5 Å². The van der Waals surface area contributed by atoms with E-state index in [0.717, 1.165) is 5.56 Å². The minimum absolute atomic E-state index is 0.0817. The number of aryl methyl sites for hydroxylation is 1. The van der Waals surface area contributed by atoms with E-state index in [1.165, 1.54) is 22.6 Å². The Morgan fingerprint density at radius 1 is 1.13 bits per heavy atom. The monoisotopic (exact) mass is 422 g/mol.